The molecule has 0 fully saturated rings. The zero-order valence-electron chi connectivity index (χ0n) is 12.4. The molecule has 0 amide bonds. The Morgan fingerprint density at radius 3 is 2.19 bits per heavy atom. The molecule has 0 saturated heterocycles. The summed E-state index contributed by atoms with van der Waals surface area (Å²) in [7, 11) is 0. The third-order valence-electron chi connectivity index (χ3n) is 3.37. The molecule has 0 heterocycles. The lowest BCUT2D eigenvalue weighted by atomic mass is 10.00. The molecule has 0 aliphatic carbocycles. The summed E-state index contributed by atoms with van der Waals surface area (Å²) in [6.45, 7) is 4.37. The van der Waals surface area contributed by atoms with Gasteiger partial charge in [-0.15, -0.1) is 11.8 Å². The third kappa shape index (κ3) is 5.39. The molecule has 0 bridgehead atoms. The minimum absolute atomic E-state index is 0.337. The minimum atomic E-state index is -0.337. The van der Waals surface area contributed by atoms with Gasteiger partial charge in [0.15, 0.2) is 0 Å². The Kier molecular flexibility index (Phi) is 6.16. The van der Waals surface area contributed by atoms with Crippen LogP contribution in [0.2, 0.25) is 5.02 Å². The fraction of sp³-hybridized carbons (Fsp3) is 0.333. The van der Waals surface area contributed by atoms with E-state index in [4.69, 9.17) is 11.6 Å². The van der Waals surface area contributed by atoms with Crippen LogP contribution in [0.25, 0.3) is 0 Å². The number of benzene rings is 2. The Morgan fingerprint density at radius 1 is 1.00 bits per heavy atom. The molecule has 2 aromatic carbocycles. The summed E-state index contributed by atoms with van der Waals surface area (Å²) < 4.78 is 0. The van der Waals surface area contributed by atoms with Crippen LogP contribution in [0.5, 0.6) is 0 Å². The molecule has 112 valence electrons. The van der Waals surface area contributed by atoms with E-state index in [-0.39, 0.29) is 6.10 Å². The second kappa shape index (κ2) is 7.88. The largest absolute Gasteiger partial charge is 0.392 e. The van der Waals surface area contributed by atoms with Crippen molar-refractivity contribution in [3.8, 4) is 0 Å². The highest BCUT2D eigenvalue weighted by Crippen LogP contribution is 2.22. The first-order chi connectivity index (χ1) is 10.0. The molecule has 1 nitrogen and oxygen atoms in total. The van der Waals surface area contributed by atoms with Crippen molar-refractivity contribution in [3.05, 3.63) is 64.7 Å². The molecule has 0 saturated carbocycles. The van der Waals surface area contributed by atoms with Crippen molar-refractivity contribution in [3.63, 3.8) is 0 Å². The van der Waals surface area contributed by atoms with Crippen LogP contribution in [-0.2, 0) is 6.42 Å². The van der Waals surface area contributed by atoms with Crippen LogP contribution in [0, 0.1) is 0 Å². The zero-order valence-corrected chi connectivity index (χ0v) is 14.0. The highest BCUT2D eigenvalue weighted by Gasteiger charge is 2.07. The van der Waals surface area contributed by atoms with E-state index < -0.39 is 0 Å². The molecule has 1 unspecified atom stereocenters. The molecule has 0 radical (unpaired) electrons. The highest BCUT2D eigenvalue weighted by molar-refractivity contribution is 7.99. The number of halogens is 1. The summed E-state index contributed by atoms with van der Waals surface area (Å²) in [6, 6.07) is 16.3. The van der Waals surface area contributed by atoms with Gasteiger partial charge in [-0.25, -0.2) is 0 Å². The Labute approximate surface area is 136 Å². The van der Waals surface area contributed by atoms with Crippen LogP contribution in [0.1, 0.15) is 30.9 Å². The van der Waals surface area contributed by atoms with Gasteiger partial charge >= 0.3 is 0 Å². The first-order valence-corrected chi connectivity index (χ1v) is 8.56. The van der Waals surface area contributed by atoms with Crippen LogP contribution in [-0.4, -0.2) is 17.0 Å². The summed E-state index contributed by atoms with van der Waals surface area (Å²) in [5.74, 6) is 1.23. The van der Waals surface area contributed by atoms with Gasteiger partial charge in [-0.05, 0) is 47.7 Å². The Bertz CT molecular complexity index is 548. The molecule has 3 heteroatoms. The molecule has 0 aliphatic rings. The standard InChI is InChI=1S/C18H21ClOS/c1-13(2)15-5-3-14(4-6-15)11-17(20)12-21-18-9-7-16(19)8-10-18/h3-10,13,17,20H,11-12H2,1-2H3. The number of hydrogen-bond acceptors (Lipinski definition) is 2. The quantitative estimate of drug-likeness (QED) is 0.742. The maximum absolute atomic E-state index is 10.2. The molecule has 0 aromatic heterocycles. The SMILES string of the molecule is CC(C)c1ccc(CC(O)CSc2ccc(Cl)cc2)cc1. The van der Waals surface area contributed by atoms with Gasteiger partial charge in [-0.3, -0.25) is 0 Å². The Morgan fingerprint density at radius 2 is 1.62 bits per heavy atom. The summed E-state index contributed by atoms with van der Waals surface area (Å²) in [5, 5.41) is 10.9. The van der Waals surface area contributed by atoms with Gasteiger partial charge in [0.25, 0.3) is 0 Å². The fourth-order valence-electron chi connectivity index (χ4n) is 2.09. The van der Waals surface area contributed by atoms with E-state index in [0.29, 0.717) is 18.1 Å². The van der Waals surface area contributed by atoms with Gasteiger partial charge in [0, 0.05) is 15.7 Å². The summed E-state index contributed by atoms with van der Waals surface area (Å²) in [5.41, 5.74) is 2.52. The molecule has 0 aliphatic heterocycles. The topological polar surface area (TPSA) is 20.2 Å². The number of aliphatic hydroxyl groups is 1. The first-order valence-electron chi connectivity index (χ1n) is 7.20. The number of hydrogen-bond donors (Lipinski definition) is 1. The van der Waals surface area contributed by atoms with Gasteiger partial charge in [-0.1, -0.05) is 49.7 Å². The zero-order chi connectivity index (χ0) is 15.2. The summed E-state index contributed by atoms with van der Waals surface area (Å²) in [6.07, 6.45) is 0.356. The fourth-order valence-corrected chi connectivity index (χ4v) is 3.05. The maximum atomic E-state index is 10.2. The van der Waals surface area contributed by atoms with Crippen molar-refractivity contribution in [2.24, 2.45) is 0 Å². The van der Waals surface area contributed by atoms with E-state index >= 15 is 0 Å². The molecule has 0 spiro atoms. The lowest BCUT2D eigenvalue weighted by Crippen LogP contribution is -2.13. The molecule has 2 rings (SSSR count). The molecule has 21 heavy (non-hydrogen) atoms. The van der Waals surface area contributed by atoms with E-state index in [0.717, 1.165) is 9.92 Å². The van der Waals surface area contributed by atoms with E-state index in [1.165, 1.54) is 11.1 Å². The van der Waals surface area contributed by atoms with Crippen LogP contribution >= 0.6 is 23.4 Å². The third-order valence-corrected chi connectivity index (χ3v) is 4.78. The lowest BCUT2D eigenvalue weighted by Gasteiger charge is -2.12. The monoisotopic (exact) mass is 320 g/mol. The van der Waals surface area contributed by atoms with E-state index in [1.807, 2.05) is 24.3 Å². The summed E-state index contributed by atoms with van der Waals surface area (Å²) >= 11 is 7.51. The maximum Gasteiger partial charge on any atom is 0.0674 e. The van der Waals surface area contributed by atoms with Crippen LogP contribution in [0.4, 0.5) is 0 Å². The van der Waals surface area contributed by atoms with Gasteiger partial charge < -0.3 is 5.11 Å². The lowest BCUT2D eigenvalue weighted by molar-refractivity contribution is 0.200. The van der Waals surface area contributed by atoms with Gasteiger partial charge in [-0.2, -0.15) is 0 Å². The van der Waals surface area contributed by atoms with Crippen molar-refractivity contribution in [1.29, 1.82) is 0 Å². The van der Waals surface area contributed by atoms with E-state index in [1.54, 1.807) is 11.8 Å². The normalized spacial score (nSPS) is 12.6. The predicted molar refractivity (Wildman–Crippen MR) is 92.4 cm³/mol. The van der Waals surface area contributed by atoms with Crippen molar-refractivity contribution < 1.29 is 5.11 Å². The minimum Gasteiger partial charge on any atom is -0.392 e. The van der Waals surface area contributed by atoms with Crippen molar-refractivity contribution >= 4 is 23.4 Å². The van der Waals surface area contributed by atoms with Crippen LogP contribution < -0.4 is 0 Å². The molecule has 1 N–H and O–H groups in total. The van der Waals surface area contributed by atoms with E-state index in [2.05, 4.69) is 38.1 Å². The van der Waals surface area contributed by atoms with Crippen molar-refractivity contribution in [2.75, 3.05) is 5.75 Å². The van der Waals surface area contributed by atoms with Crippen LogP contribution in [0.3, 0.4) is 0 Å². The predicted octanol–water partition coefficient (Wildman–Crippen LogP) is 5.16. The van der Waals surface area contributed by atoms with E-state index in [9.17, 15) is 5.11 Å². The highest BCUT2D eigenvalue weighted by atomic mass is 35.5. The number of aliphatic hydroxyl groups excluding tert-OH is 1. The van der Waals surface area contributed by atoms with Crippen LogP contribution in [0.15, 0.2) is 53.4 Å². The molecule has 2 aromatic rings. The molecular weight excluding hydrogens is 300 g/mol. The number of rotatable bonds is 6. The second-order valence-corrected chi connectivity index (χ2v) is 7.05. The van der Waals surface area contributed by atoms with Gasteiger partial charge in [0.05, 0.1) is 6.10 Å². The summed E-state index contributed by atoms with van der Waals surface area (Å²) in [4.78, 5) is 1.13. The van der Waals surface area contributed by atoms with Crippen molar-refractivity contribution in [1.82, 2.24) is 0 Å². The second-order valence-electron chi connectivity index (χ2n) is 5.52. The smallest absolute Gasteiger partial charge is 0.0674 e. The average molecular weight is 321 g/mol. The van der Waals surface area contributed by atoms with Crippen molar-refractivity contribution in [2.45, 2.75) is 37.2 Å². The first kappa shape index (κ1) is 16.4. The van der Waals surface area contributed by atoms with Gasteiger partial charge in [0.1, 0.15) is 0 Å². The number of thioether (sulfide) groups is 1. The molecule has 1 atom stereocenters. The molecular formula is C18H21ClOS. The van der Waals surface area contributed by atoms with Gasteiger partial charge in [0.2, 0.25) is 0 Å². The Hall–Kier alpha value is -0.960. The average Bonchev–Trinajstić information content (AvgIpc) is 2.47. The Balaban J connectivity index is 1.83.